The molecule has 0 aromatic heterocycles. The zero-order chi connectivity index (χ0) is 14.7. The van der Waals surface area contributed by atoms with Crippen molar-refractivity contribution >= 4 is 11.4 Å². The average Bonchev–Trinajstić information content (AvgIpc) is 2.88. The van der Waals surface area contributed by atoms with Gasteiger partial charge in [-0.25, -0.2) is 4.39 Å². The van der Waals surface area contributed by atoms with E-state index in [1.807, 2.05) is 20.8 Å². The van der Waals surface area contributed by atoms with Crippen LogP contribution in [-0.2, 0) is 4.74 Å². The van der Waals surface area contributed by atoms with E-state index in [1.165, 1.54) is 6.07 Å². The summed E-state index contributed by atoms with van der Waals surface area (Å²) in [5.74, 6) is -0.220. The lowest BCUT2D eigenvalue weighted by Gasteiger charge is -2.23. The molecule has 1 aromatic rings. The second-order valence-corrected chi connectivity index (χ2v) is 5.52. The highest BCUT2D eigenvalue weighted by molar-refractivity contribution is 5.69. The van der Waals surface area contributed by atoms with E-state index in [0.29, 0.717) is 11.4 Å². The number of benzene rings is 1. The smallest absolute Gasteiger partial charge is 0.167 e. The zero-order valence-corrected chi connectivity index (χ0v) is 12.3. The van der Waals surface area contributed by atoms with Crippen molar-refractivity contribution in [1.82, 2.24) is 0 Å². The molecule has 0 radical (unpaired) electrons. The van der Waals surface area contributed by atoms with Gasteiger partial charge in [-0.3, -0.25) is 0 Å². The largest absolute Gasteiger partial charge is 0.488 e. The minimum Gasteiger partial charge on any atom is -0.488 e. The number of nitrogens with one attached hydrogen (secondary N) is 1. The lowest BCUT2D eigenvalue weighted by molar-refractivity contribution is 0.0996. The Bertz CT molecular complexity index is 459. The number of anilines is 2. The molecule has 1 heterocycles. The number of halogens is 1. The number of ether oxygens (including phenoxy) is 2. The Morgan fingerprint density at radius 3 is 2.75 bits per heavy atom. The van der Waals surface area contributed by atoms with E-state index in [4.69, 9.17) is 15.2 Å². The van der Waals surface area contributed by atoms with Crippen LogP contribution in [-0.4, -0.2) is 24.9 Å². The first-order valence-corrected chi connectivity index (χ1v) is 7.11. The molecule has 1 aliphatic heterocycles. The van der Waals surface area contributed by atoms with Crippen LogP contribution in [0, 0.1) is 5.82 Å². The molecule has 0 aliphatic carbocycles. The number of hydrogen-bond donors (Lipinski definition) is 2. The van der Waals surface area contributed by atoms with Gasteiger partial charge in [0, 0.05) is 24.8 Å². The summed E-state index contributed by atoms with van der Waals surface area (Å²) in [7, 11) is 0. The Kier molecular flexibility index (Phi) is 4.70. The molecule has 1 saturated heterocycles. The Balaban J connectivity index is 2.13. The summed E-state index contributed by atoms with van der Waals surface area (Å²) in [6.45, 7) is 6.56. The second kappa shape index (κ2) is 6.31. The number of rotatable bonds is 5. The fourth-order valence-corrected chi connectivity index (χ4v) is 2.37. The third kappa shape index (κ3) is 3.54. The van der Waals surface area contributed by atoms with Gasteiger partial charge in [-0.05, 0) is 33.6 Å². The topological polar surface area (TPSA) is 56.5 Å². The molecule has 1 fully saturated rings. The van der Waals surface area contributed by atoms with Crippen LogP contribution in [0.4, 0.5) is 15.8 Å². The first-order valence-electron chi connectivity index (χ1n) is 7.11. The van der Waals surface area contributed by atoms with Gasteiger partial charge in [-0.15, -0.1) is 0 Å². The Morgan fingerprint density at radius 2 is 2.15 bits per heavy atom. The van der Waals surface area contributed by atoms with Crippen molar-refractivity contribution in [3.63, 3.8) is 0 Å². The van der Waals surface area contributed by atoms with E-state index >= 15 is 0 Å². The SMILES string of the molecule is CC(C)Oc1cc(NC(C)C2CCCO2)c(N)cc1F. The number of nitrogens with two attached hydrogens (primary N) is 1. The van der Waals surface area contributed by atoms with Crippen LogP contribution in [0.1, 0.15) is 33.6 Å². The molecule has 3 N–H and O–H groups in total. The molecule has 112 valence electrons. The summed E-state index contributed by atoms with van der Waals surface area (Å²) in [5.41, 5.74) is 6.93. The fourth-order valence-electron chi connectivity index (χ4n) is 2.37. The van der Waals surface area contributed by atoms with Crippen molar-refractivity contribution in [2.24, 2.45) is 0 Å². The normalized spacial score (nSPS) is 20.1. The predicted octanol–water partition coefficient (Wildman–Crippen LogP) is 3.17. The minimum atomic E-state index is -0.438. The third-order valence-electron chi connectivity index (χ3n) is 3.37. The van der Waals surface area contributed by atoms with Gasteiger partial charge < -0.3 is 20.5 Å². The molecule has 5 heteroatoms. The molecule has 4 nitrogen and oxygen atoms in total. The fraction of sp³-hybridized carbons (Fsp3) is 0.600. The van der Waals surface area contributed by atoms with Crippen LogP contribution in [0.2, 0.25) is 0 Å². The van der Waals surface area contributed by atoms with E-state index in [1.54, 1.807) is 6.07 Å². The molecule has 0 saturated carbocycles. The lowest BCUT2D eigenvalue weighted by Crippen LogP contribution is -2.30. The van der Waals surface area contributed by atoms with Crippen LogP contribution in [0.3, 0.4) is 0 Å². The highest BCUT2D eigenvalue weighted by Crippen LogP contribution is 2.30. The highest BCUT2D eigenvalue weighted by Gasteiger charge is 2.23. The molecule has 2 unspecified atom stereocenters. The Labute approximate surface area is 119 Å². The van der Waals surface area contributed by atoms with Crippen molar-refractivity contribution in [2.45, 2.75) is 51.9 Å². The van der Waals surface area contributed by atoms with Gasteiger partial charge in [0.05, 0.1) is 23.6 Å². The first-order chi connectivity index (χ1) is 9.47. The summed E-state index contributed by atoms with van der Waals surface area (Å²) in [6, 6.07) is 3.04. The maximum atomic E-state index is 13.8. The molecule has 0 spiro atoms. The molecule has 1 aliphatic rings. The van der Waals surface area contributed by atoms with Crippen molar-refractivity contribution in [3.8, 4) is 5.75 Å². The van der Waals surface area contributed by atoms with Crippen LogP contribution in [0.25, 0.3) is 0 Å². The van der Waals surface area contributed by atoms with Crippen LogP contribution in [0.15, 0.2) is 12.1 Å². The standard InChI is InChI=1S/C15H23FN2O2/c1-9(2)20-15-8-13(12(17)7-11(15)16)18-10(3)14-5-4-6-19-14/h7-10,14,18H,4-6,17H2,1-3H3. The average molecular weight is 282 g/mol. The maximum Gasteiger partial charge on any atom is 0.167 e. The van der Waals surface area contributed by atoms with Crippen molar-refractivity contribution in [3.05, 3.63) is 17.9 Å². The van der Waals surface area contributed by atoms with Crippen LogP contribution < -0.4 is 15.8 Å². The van der Waals surface area contributed by atoms with Gasteiger partial charge in [0.1, 0.15) is 0 Å². The third-order valence-corrected chi connectivity index (χ3v) is 3.37. The minimum absolute atomic E-state index is 0.0865. The maximum absolute atomic E-state index is 13.8. The summed E-state index contributed by atoms with van der Waals surface area (Å²) in [6.07, 6.45) is 2.20. The summed E-state index contributed by atoms with van der Waals surface area (Å²) < 4.78 is 24.9. The zero-order valence-electron chi connectivity index (χ0n) is 12.3. The van der Waals surface area contributed by atoms with Crippen molar-refractivity contribution in [1.29, 1.82) is 0 Å². The first kappa shape index (κ1) is 14.9. The molecular weight excluding hydrogens is 259 g/mol. The second-order valence-electron chi connectivity index (χ2n) is 5.52. The van der Waals surface area contributed by atoms with E-state index in [-0.39, 0.29) is 24.0 Å². The van der Waals surface area contributed by atoms with Gasteiger partial charge >= 0.3 is 0 Å². The number of hydrogen-bond acceptors (Lipinski definition) is 4. The quantitative estimate of drug-likeness (QED) is 0.814. The molecule has 2 rings (SSSR count). The molecule has 20 heavy (non-hydrogen) atoms. The summed E-state index contributed by atoms with van der Waals surface area (Å²) in [4.78, 5) is 0. The number of nitrogen functional groups attached to an aromatic ring is 1. The lowest BCUT2D eigenvalue weighted by atomic mass is 10.1. The van der Waals surface area contributed by atoms with Gasteiger partial charge in [0.2, 0.25) is 0 Å². The highest BCUT2D eigenvalue weighted by atomic mass is 19.1. The van der Waals surface area contributed by atoms with E-state index in [0.717, 1.165) is 19.4 Å². The molecule has 0 amide bonds. The van der Waals surface area contributed by atoms with Crippen molar-refractivity contribution in [2.75, 3.05) is 17.7 Å². The van der Waals surface area contributed by atoms with Crippen LogP contribution in [0.5, 0.6) is 5.75 Å². The molecule has 1 aromatic carbocycles. The predicted molar refractivity (Wildman–Crippen MR) is 78.6 cm³/mol. The van der Waals surface area contributed by atoms with Crippen molar-refractivity contribution < 1.29 is 13.9 Å². The Morgan fingerprint density at radius 1 is 1.40 bits per heavy atom. The van der Waals surface area contributed by atoms with Gasteiger partial charge in [0.25, 0.3) is 0 Å². The van der Waals surface area contributed by atoms with Crippen LogP contribution >= 0.6 is 0 Å². The van der Waals surface area contributed by atoms with Gasteiger partial charge in [-0.1, -0.05) is 0 Å². The molecule has 0 bridgehead atoms. The van der Waals surface area contributed by atoms with E-state index in [9.17, 15) is 4.39 Å². The van der Waals surface area contributed by atoms with E-state index < -0.39 is 5.82 Å². The summed E-state index contributed by atoms with van der Waals surface area (Å²) in [5, 5.41) is 3.30. The molecular formula is C15H23FN2O2. The summed E-state index contributed by atoms with van der Waals surface area (Å²) >= 11 is 0. The Hall–Kier alpha value is -1.49. The van der Waals surface area contributed by atoms with E-state index in [2.05, 4.69) is 5.32 Å². The van der Waals surface area contributed by atoms with Gasteiger partial charge in [-0.2, -0.15) is 0 Å². The monoisotopic (exact) mass is 282 g/mol. The molecule has 2 atom stereocenters. The van der Waals surface area contributed by atoms with Gasteiger partial charge in [0.15, 0.2) is 11.6 Å².